The van der Waals surface area contributed by atoms with Crippen molar-refractivity contribution in [1.82, 2.24) is 9.97 Å². The molecular formula is C19H21N5O2. The Hall–Kier alpha value is -3.48. The maximum Gasteiger partial charge on any atom is 0.159 e. The molecule has 0 atom stereocenters. The van der Waals surface area contributed by atoms with Crippen LogP contribution in [-0.2, 0) is 0 Å². The second-order valence-electron chi connectivity index (χ2n) is 5.67. The summed E-state index contributed by atoms with van der Waals surface area (Å²) in [6, 6.07) is 13.4. The normalized spacial score (nSPS) is 10.3. The fourth-order valence-electron chi connectivity index (χ4n) is 2.48. The second-order valence-corrected chi connectivity index (χ2v) is 5.67. The van der Waals surface area contributed by atoms with Gasteiger partial charge in [-0.05, 0) is 36.8 Å². The van der Waals surface area contributed by atoms with Crippen molar-refractivity contribution in [2.24, 2.45) is 0 Å². The monoisotopic (exact) mass is 351 g/mol. The molecule has 0 aliphatic carbocycles. The van der Waals surface area contributed by atoms with Crippen LogP contribution < -0.4 is 25.8 Å². The van der Waals surface area contributed by atoms with Gasteiger partial charge in [-0.3, -0.25) is 0 Å². The number of nitrogen functional groups attached to an aromatic ring is 1. The molecule has 3 rings (SSSR count). The number of ether oxygens (including phenoxy) is 2. The quantitative estimate of drug-likeness (QED) is 0.620. The molecule has 7 heteroatoms. The van der Waals surface area contributed by atoms with Gasteiger partial charge < -0.3 is 25.8 Å². The molecule has 0 amide bonds. The van der Waals surface area contributed by atoms with E-state index in [2.05, 4.69) is 20.6 Å². The summed E-state index contributed by atoms with van der Waals surface area (Å²) in [7, 11) is 3.24. The maximum absolute atomic E-state index is 6.26. The summed E-state index contributed by atoms with van der Waals surface area (Å²) < 4.78 is 10.6. The van der Waals surface area contributed by atoms with E-state index in [1.54, 1.807) is 14.2 Å². The van der Waals surface area contributed by atoms with Gasteiger partial charge in [-0.25, -0.2) is 9.97 Å². The van der Waals surface area contributed by atoms with E-state index in [1.165, 1.54) is 6.33 Å². The maximum atomic E-state index is 6.26. The number of rotatable bonds is 6. The molecule has 26 heavy (non-hydrogen) atoms. The third-order valence-electron chi connectivity index (χ3n) is 3.82. The number of aromatic nitrogens is 2. The highest BCUT2D eigenvalue weighted by molar-refractivity contribution is 5.81. The van der Waals surface area contributed by atoms with Gasteiger partial charge in [-0.2, -0.15) is 0 Å². The number of benzene rings is 2. The van der Waals surface area contributed by atoms with Crippen LogP contribution in [0.1, 0.15) is 5.56 Å². The number of nitrogens with zero attached hydrogens (tertiary/aromatic N) is 2. The Morgan fingerprint density at radius 2 is 1.69 bits per heavy atom. The van der Waals surface area contributed by atoms with Crippen LogP contribution in [0, 0.1) is 6.92 Å². The molecule has 0 saturated heterocycles. The van der Waals surface area contributed by atoms with Crippen molar-refractivity contribution in [3.63, 3.8) is 0 Å². The standard InChI is InChI=1S/C19H21N5O2/c1-12-7-8-16(26-3)15(9-12)24-19-17(20)18(21-11-22-19)23-13-5-4-6-14(10-13)25-2/h4-11H,20H2,1-3H3,(H2,21,22,23,24). The average Bonchev–Trinajstić information content (AvgIpc) is 2.65. The van der Waals surface area contributed by atoms with Gasteiger partial charge >= 0.3 is 0 Å². The molecule has 0 unspecified atom stereocenters. The van der Waals surface area contributed by atoms with Crippen LogP contribution in [0.3, 0.4) is 0 Å². The van der Waals surface area contributed by atoms with Crippen molar-refractivity contribution in [2.75, 3.05) is 30.6 Å². The van der Waals surface area contributed by atoms with E-state index in [0.29, 0.717) is 23.1 Å². The minimum absolute atomic E-state index is 0.402. The van der Waals surface area contributed by atoms with E-state index in [9.17, 15) is 0 Å². The molecule has 0 aliphatic heterocycles. The molecule has 1 heterocycles. The molecule has 3 aromatic rings. The predicted molar refractivity (Wildman–Crippen MR) is 104 cm³/mol. The van der Waals surface area contributed by atoms with E-state index in [-0.39, 0.29) is 0 Å². The highest BCUT2D eigenvalue weighted by atomic mass is 16.5. The summed E-state index contributed by atoms with van der Waals surface area (Å²) in [5, 5.41) is 6.40. The molecule has 0 spiro atoms. The van der Waals surface area contributed by atoms with Crippen molar-refractivity contribution in [3.05, 3.63) is 54.4 Å². The Balaban J connectivity index is 1.89. The zero-order valence-corrected chi connectivity index (χ0v) is 14.9. The lowest BCUT2D eigenvalue weighted by Gasteiger charge is -2.15. The minimum atomic E-state index is 0.402. The summed E-state index contributed by atoms with van der Waals surface area (Å²) >= 11 is 0. The van der Waals surface area contributed by atoms with Gasteiger partial charge in [-0.15, -0.1) is 0 Å². The van der Waals surface area contributed by atoms with Gasteiger partial charge in [0.05, 0.1) is 19.9 Å². The number of aryl methyl sites for hydroxylation is 1. The predicted octanol–water partition coefficient (Wildman–Crippen LogP) is 3.87. The second kappa shape index (κ2) is 7.60. The number of hydrogen-bond donors (Lipinski definition) is 3. The molecule has 0 radical (unpaired) electrons. The molecule has 0 aliphatic rings. The third-order valence-corrected chi connectivity index (χ3v) is 3.82. The van der Waals surface area contributed by atoms with Gasteiger partial charge in [0, 0.05) is 11.8 Å². The SMILES string of the molecule is COc1cccc(Nc2ncnc(Nc3cc(C)ccc3OC)c2N)c1. The van der Waals surface area contributed by atoms with Crippen LogP contribution in [0.15, 0.2) is 48.8 Å². The van der Waals surface area contributed by atoms with E-state index in [4.69, 9.17) is 15.2 Å². The summed E-state index contributed by atoms with van der Waals surface area (Å²) in [6.45, 7) is 2.00. The van der Waals surface area contributed by atoms with Crippen LogP contribution in [0.4, 0.5) is 28.7 Å². The van der Waals surface area contributed by atoms with Crippen molar-refractivity contribution in [2.45, 2.75) is 6.92 Å². The van der Waals surface area contributed by atoms with Crippen LogP contribution in [0.2, 0.25) is 0 Å². The highest BCUT2D eigenvalue weighted by Gasteiger charge is 2.11. The fraction of sp³-hybridized carbons (Fsp3) is 0.158. The van der Waals surface area contributed by atoms with E-state index in [0.717, 1.165) is 22.7 Å². The number of nitrogens with two attached hydrogens (primary N) is 1. The average molecular weight is 351 g/mol. The molecule has 0 fully saturated rings. The zero-order valence-electron chi connectivity index (χ0n) is 14.9. The first-order chi connectivity index (χ1) is 12.6. The van der Waals surface area contributed by atoms with Gasteiger partial charge in [0.25, 0.3) is 0 Å². The van der Waals surface area contributed by atoms with Gasteiger partial charge in [0.2, 0.25) is 0 Å². The van der Waals surface area contributed by atoms with Crippen LogP contribution in [-0.4, -0.2) is 24.2 Å². The minimum Gasteiger partial charge on any atom is -0.497 e. The first-order valence-corrected chi connectivity index (χ1v) is 8.04. The van der Waals surface area contributed by atoms with E-state index in [1.807, 2.05) is 49.4 Å². The summed E-state index contributed by atoms with van der Waals surface area (Å²) in [5.74, 6) is 2.44. The highest BCUT2D eigenvalue weighted by Crippen LogP contribution is 2.33. The Kier molecular flexibility index (Phi) is 5.07. The molecular weight excluding hydrogens is 330 g/mol. The van der Waals surface area contributed by atoms with Crippen LogP contribution in [0.5, 0.6) is 11.5 Å². The Bertz CT molecular complexity index is 914. The van der Waals surface area contributed by atoms with E-state index < -0.39 is 0 Å². The number of anilines is 5. The third kappa shape index (κ3) is 3.77. The number of methoxy groups -OCH3 is 2. The van der Waals surface area contributed by atoms with Crippen molar-refractivity contribution >= 4 is 28.7 Å². The van der Waals surface area contributed by atoms with Crippen molar-refractivity contribution in [1.29, 1.82) is 0 Å². The summed E-state index contributed by atoms with van der Waals surface area (Å²) in [4.78, 5) is 8.48. The van der Waals surface area contributed by atoms with Gasteiger partial charge in [0.1, 0.15) is 23.5 Å². The smallest absolute Gasteiger partial charge is 0.159 e. The number of hydrogen-bond acceptors (Lipinski definition) is 7. The first-order valence-electron chi connectivity index (χ1n) is 8.04. The molecule has 4 N–H and O–H groups in total. The fourth-order valence-corrected chi connectivity index (χ4v) is 2.48. The topological polar surface area (TPSA) is 94.3 Å². The Morgan fingerprint density at radius 1 is 0.923 bits per heavy atom. The van der Waals surface area contributed by atoms with Crippen molar-refractivity contribution in [3.8, 4) is 11.5 Å². The summed E-state index contributed by atoms with van der Waals surface area (Å²) in [5.41, 5.74) is 9.35. The first kappa shape index (κ1) is 17.3. The zero-order chi connectivity index (χ0) is 18.5. The van der Waals surface area contributed by atoms with Crippen molar-refractivity contribution < 1.29 is 9.47 Å². The summed E-state index contributed by atoms with van der Waals surface area (Å²) in [6.07, 6.45) is 1.45. The molecule has 0 saturated carbocycles. The molecule has 0 bridgehead atoms. The van der Waals surface area contributed by atoms with Crippen LogP contribution >= 0.6 is 0 Å². The molecule has 7 nitrogen and oxygen atoms in total. The number of nitrogens with one attached hydrogen (secondary N) is 2. The molecule has 2 aromatic carbocycles. The lowest BCUT2D eigenvalue weighted by molar-refractivity contribution is 0.415. The van der Waals surface area contributed by atoms with Gasteiger partial charge in [0.15, 0.2) is 11.6 Å². The lowest BCUT2D eigenvalue weighted by Crippen LogP contribution is -2.06. The van der Waals surface area contributed by atoms with Crippen LogP contribution in [0.25, 0.3) is 0 Å². The van der Waals surface area contributed by atoms with Gasteiger partial charge in [-0.1, -0.05) is 12.1 Å². The molecule has 1 aromatic heterocycles. The largest absolute Gasteiger partial charge is 0.497 e. The molecule has 134 valence electrons. The Labute approximate surface area is 152 Å². The lowest BCUT2D eigenvalue weighted by atomic mass is 10.2. The Morgan fingerprint density at radius 3 is 2.42 bits per heavy atom. The van der Waals surface area contributed by atoms with E-state index >= 15 is 0 Å².